The highest BCUT2D eigenvalue weighted by atomic mass is 16.2. The summed E-state index contributed by atoms with van der Waals surface area (Å²) in [7, 11) is 0. The largest absolute Gasteiger partial charge is 0.314 e. The fourth-order valence-electron chi connectivity index (χ4n) is 3.64. The van der Waals surface area contributed by atoms with E-state index in [-0.39, 0.29) is 11.9 Å². The molecular weight excluding hydrogens is 302 g/mol. The summed E-state index contributed by atoms with van der Waals surface area (Å²) in [6.45, 7) is 2.39. The number of nitrogens with zero attached hydrogens (tertiary/aromatic N) is 4. The third-order valence-electron chi connectivity index (χ3n) is 4.95. The topological polar surface area (TPSA) is 63.1 Å². The number of benzene rings is 1. The van der Waals surface area contributed by atoms with E-state index in [1.807, 2.05) is 35.2 Å². The molecule has 0 radical (unpaired) electrons. The van der Waals surface area contributed by atoms with Gasteiger partial charge in [0.05, 0.1) is 12.6 Å². The van der Waals surface area contributed by atoms with Crippen molar-refractivity contribution >= 4 is 11.6 Å². The molecule has 126 valence electrons. The fourth-order valence-corrected chi connectivity index (χ4v) is 3.64. The smallest absolute Gasteiger partial charge is 0.244 e. The Morgan fingerprint density at radius 2 is 1.96 bits per heavy atom. The maximum atomic E-state index is 12.8. The van der Waals surface area contributed by atoms with Crippen molar-refractivity contribution in [1.82, 2.24) is 20.1 Å². The number of para-hydroxylation sites is 1. The molecule has 0 bridgehead atoms. The number of piperidine rings is 1. The lowest BCUT2D eigenvalue weighted by Crippen LogP contribution is -2.50. The molecule has 24 heavy (non-hydrogen) atoms. The number of hydrogen-bond donors (Lipinski definition) is 1. The lowest BCUT2D eigenvalue weighted by Gasteiger charge is -2.32. The van der Waals surface area contributed by atoms with Gasteiger partial charge in [-0.1, -0.05) is 18.2 Å². The van der Waals surface area contributed by atoms with E-state index in [1.165, 1.54) is 12.8 Å². The molecule has 1 atom stereocenters. The molecule has 1 amide bonds. The first kappa shape index (κ1) is 15.3. The molecule has 1 aromatic heterocycles. The first-order valence-electron chi connectivity index (χ1n) is 8.84. The first-order valence-corrected chi connectivity index (χ1v) is 8.84. The molecule has 0 saturated carbocycles. The summed E-state index contributed by atoms with van der Waals surface area (Å²) >= 11 is 0. The van der Waals surface area contributed by atoms with Crippen molar-refractivity contribution in [2.45, 2.75) is 51.2 Å². The molecule has 2 aliphatic heterocycles. The van der Waals surface area contributed by atoms with Gasteiger partial charge in [0.1, 0.15) is 11.6 Å². The summed E-state index contributed by atoms with van der Waals surface area (Å²) in [6, 6.07) is 9.77. The van der Waals surface area contributed by atoms with Gasteiger partial charge in [0, 0.05) is 25.2 Å². The molecular formula is C18H23N5O. The molecule has 1 saturated heterocycles. The van der Waals surface area contributed by atoms with Crippen LogP contribution in [0, 0.1) is 0 Å². The molecule has 1 fully saturated rings. The Kier molecular flexibility index (Phi) is 4.30. The van der Waals surface area contributed by atoms with Crippen molar-refractivity contribution in [1.29, 1.82) is 0 Å². The minimum atomic E-state index is -0.143. The van der Waals surface area contributed by atoms with Crippen LogP contribution in [0.1, 0.15) is 37.3 Å². The van der Waals surface area contributed by atoms with E-state index < -0.39 is 0 Å². The van der Waals surface area contributed by atoms with Crippen LogP contribution in [-0.2, 0) is 24.3 Å². The molecule has 6 nitrogen and oxygen atoms in total. The number of aromatic nitrogens is 3. The maximum absolute atomic E-state index is 12.8. The zero-order valence-electron chi connectivity index (χ0n) is 13.8. The van der Waals surface area contributed by atoms with E-state index in [9.17, 15) is 4.79 Å². The molecule has 3 heterocycles. The average Bonchev–Trinajstić information content (AvgIpc) is 3.05. The van der Waals surface area contributed by atoms with E-state index in [4.69, 9.17) is 0 Å². The van der Waals surface area contributed by atoms with Crippen molar-refractivity contribution in [3.63, 3.8) is 0 Å². The fraction of sp³-hybridized carbons (Fsp3) is 0.500. The highest BCUT2D eigenvalue weighted by Gasteiger charge is 2.29. The zero-order chi connectivity index (χ0) is 16.4. The van der Waals surface area contributed by atoms with Crippen LogP contribution in [0.2, 0.25) is 0 Å². The number of rotatable bonds is 4. The molecule has 6 heteroatoms. The summed E-state index contributed by atoms with van der Waals surface area (Å²) in [6.07, 6.45) is 5.28. The van der Waals surface area contributed by atoms with Gasteiger partial charge >= 0.3 is 0 Å². The number of hydrogen-bond acceptors (Lipinski definition) is 4. The van der Waals surface area contributed by atoms with E-state index in [1.54, 1.807) is 0 Å². The number of nitrogens with one attached hydrogen (secondary N) is 1. The highest BCUT2D eigenvalue weighted by molar-refractivity contribution is 5.97. The number of fused-ring (bicyclic) bond motifs is 1. The van der Waals surface area contributed by atoms with Gasteiger partial charge < -0.3 is 9.47 Å². The van der Waals surface area contributed by atoms with Crippen molar-refractivity contribution in [2.24, 2.45) is 0 Å². The van der Waals surface area contributed by atoms with E-state index >= 15 is 0 Å². The summed E-state index contributed by atoms with van der Waals surface area (Å²) in [4.78, 5) is 14.7. The number of carbonyl (C=O) groups excluding carboxylic acids is 1. The number of amides is 1. The van der Waals surface area contributed by atoms with Gasteiger partial charge in [0.15, 0.2) is 0 Å². The van der Waals surface area contributed by atoms with Crippen LogP contribution in [0.15, 0.2) is 30.3 Å². The average molecular weight is 325 g/mol. The Morgan fingerprint density at radius 3 is 2.83 bits per heavy atom. The molecule has 0 unspecified atom stereocenters. The van der Waals surface area contributed by atoms with Gasteiger partial charge in [-0.2, -0.15) is 0 Å². The van der Waals surface area contributed by atoms with Crippen LogP contribution in [0.4, 0.5) is 5.69 Å². The van der Waals surface area contributed by atoms with Gasteiger partial charge in [-0.05, 0) is 37.8 Å². The Morgan fingerprint density at radius 1 is 1.08 bits per heavy atom. The van der Waals surface area contributed by atoms with Gasteiger partial charge in [0.2, 0.25) is 5.91 Å². The van der Waals surface area contributed by atoms with Crippen LogP contribution in [0.25, 0.3) is 0 Å². The Balaban J connectivity index is 1.43. The van der Waals surface area contributed by atoms with Gasteiger partial charge in [-0.25, -0.2) is 0 Å². The molecule has 0 spiro atoms. The van der Waals surface area contributed by atoms with E-state index in [2.05, 4.69) is 20.1 Å². The molecule has 4 rings (SSSR count). The molecule has 0 aliphatic carbocycles. The highest BCUT2D eigenvalue weighted by Crippen LogP contribution is 2.21. The maximum Gasteiger partial charge on any atom is 0.244 e. The SMILES string of the molecule is O=C1[C@H](NCc2nnc3n2CCCC3)CCCN1c1ccccc1. The Labute approximate surface area is 141 Å². The predicted molar refractivity (Wildman–Crippen MR) is 91.6 cm³/mol. The van der Waals surface area contributed by atoms with Crippen molar-refractivity contribution in [2.75, 3.05) is 11.4 Å². The standard InChI is InChI=1S/C18H23N5O/c24-18-15(9-6-12-22(18)14-7-2-1-3-8-14)19-13-17-21-20-16-10-4-5-11-23(16)17/h1-3,7-8,15,19H,4-6,9-13H2/t15-/m1/s1. The van der Waals surface area contributed by atoms with Crippen LogP contribution in [-0.4, -0.2) is 33.3 Å². The summed E-state index contributed by atoms with van der Waals surface area (Å²) in [5.74, 6) is 2.19. The number of carbonyl (C=O) groups is 1. The van der Waals surface area contributed by atoms with Crippen LogP contribution < -0.4 is 10.2 Å². The summed E-state index contributed by atoms with van der Waals surface area (Å²) < 4.78 is 2.21. The third kappa shape index (κ3) is 2.94. The summed E-state index contributed by atoms with van der Waals surface area (Å²) in [5.41, 5.74) is 0.980. The monoisotopic (exact) mass is 325 g/mol. The zero-order valence-corrected chi connectivity index (χ0v) is 13.8. The molecule has 2 aromatic rings. The van der Waals surface area contributed by atoms with E-state index in [0.29, 0.717) is 6.54 Å². The Hall–Kier alpha value is -2.21. The second kappa shape index (κ2) is 6.73. The third-order valence-corrected chi connectivity index (χ3v) is 4.95. The Bertz CT molecular complexity index is 711. The second-order valence-electron chi connectivity index (χ2n) is 6.54. The predicted octanol–water partition coefficient (Wildman–Crippen LogP) is 1.90. The van der Waals surface area contributed by atoms with Crippen molar-refractivity contribution in [3.05, 3.63) is 42.0 Å². The second-order valence-corrected chi connectivity index (χ2v) is 6.54. The van der Waals surface area contributed by atoms with Gasteiger partial charge in [-0.15, -0.1) is 10.2 Å². The van der Waals surface area contributed by atoms with Gasteiger partial charge in [0.25, 0.3) is 0 Å². The van der Waals surface area contributed by atoms with Crippen LogP contribution in [0.5, 0.6) is 0 Å². The van der Waals surface area contributed by atoms with E-state index in [0.717, 1.165) is 49.7 Å². The van der Waals surface area contributed by atoms with Crippen molar-refractivity contribution in [3.8, 4) is 0 Å². The normalized spacial score (nSPS) is 20.9. The molecule has 1 N–H and O–H groups in total. The first-order chi connectivity index (χ1) is 11.8. The number of aryl methyl sites for hydroxylation is 1. The quantitative estimate of drug-likeness (QED) is 0.932. The molecule has 1 aromatic carbocycles. The van der Waals surface area contributed by atoms with Crippen LogP contribution >= 0.6 is 0 Å². The minimum absolute atomic E-state index is 0.143. The minimum Gasteiger partial charge on any atom is -0.314 e. The molecule has 2 aliphatic rings. The lowest BCUT2D eigenvalue weighted by molar-refractivity contribution is -0.121. The van der Waals surface area contributed by atoms with Gasteiger partial charge in [-0.3, -0.25) is 10.1 Å². The van der Waals surface area contributed by atoms with Crippen molar-refractivity contribution < 1.29 is 4.79 Å². The number of anilines is 1. The van der Waals surface area contributed by atoms with Crippen LogP contribution in [0.3, 0.4) is 0 Å². The lowest BCUT2D eigenvalue weighted by atomic mass is 10.0. The summed E-state index contributed by atoms with van der Waals surface area (Å²) in [5, 5.41) is 12.0.